The van der Waals surface area contributed by atoms with Gasteiger partial charge in [0.15, 0.2) is 11.5 Å². The number of anilines is 2. The largest absolute Gasteiger partial charge is 0.481 e. The Morgan fingerprint density at radius 3 is 2.47 bits per heavy atom. The summed E-state index contributed by atoms with van der Waals surface area (Å²) in [5.74, 6) is -6.61. The van der Waals surface area contributed by atoms with Crippen LogP contribution in [0.5, 0.6) is 0 Å². The molecule has 0 radical (unpaired) electrons. The molecule has 4 N–H and O–H groups in total. The van der Waals surface area contributed by atoms with Crippen LogP contribution in [-0.2, 0) is 28.0 Å². The van der Waals surface area contributed by atoms with Gasteiger partial charge in [-0.3, -0.25) is 14.6 Å². The van der Waals surface area contributed by atoms with Gasteiger partial charge in [-0.05, 0) is 51.0 Å². The summed E-state index contributed by atoms with van der Waals surface area (Å²) in [6, 6.07) is 6.30. The molecule has 5 heterocycles. The number of nitrogens with one attached hydrogen (secondary N) is 1. The fourth-order valence-corrected chi connectivity index (χ4v) is 4.89. The van der Waals surface area contributed by atoms with E-state index >= 15 is 0 Å². The van der Waals surface area contributed by atoms with Gasteiger partial charge < -0.3 is 16.2 Å². The summed E-state index contributed by atoms with van der Waals surface area (Å²) < 4.78 is 66.4. The molecular weight excluding hydrogens is 579 g/mol. The maximum Gasteiger partial charge on any atom is 0.453 e. The quantitative estimate of drug-likeness (QED) is 0.248. The van der Waals surface area contributed by atoms with E-state index in [4.69, 9.17) is 5.73 Å². The minimum atomic E-state index is -5.72. The molecule has 0 saturated carbocycles. The summed E-state index contributed by atoms with van der Waals surface area (Å²) in [6.07, 6.45) is -4.27. The highest BCUT2D eigenvalue weighted by Crippen LogP contribution is 2.45. The summed E-state index contributed by atoms with van der Waals surface area (Å²) in [4.78, 5) is 42.0. The predicted octanol–water partition coefficient (Wildman–Crippen LogP) is 4.36. The standard InChI is InChI=1S/C27H25F5N8O3/c1-24(2,23(42)43)11-13-6-7-15(35-12-13)25(3)16-18(33)36-20(37-19(16)38-22(25)41)17-14-5-4-9-34-21(14)40(39-17)10-8-26(28,29)27(30,31)32/h4-7,9,12H,8,10-11H2,1-3H3,(H,42,43)(H3,33,36,37,38,41)/t25-/m1/s1. The van der Waals surface area contributed by atoms with E-state index in [0.717, 1.165) is 4.68 Å². The van der Waals surface area contributed by atoms with Crippen LogP contribution in [0.3, 0.4) is 0 Å². The molecule has 1 aliphatic rings. The number of carboxylic acids is 1. The van der Waals surface area contributed by atoms with Crippen molar-refractivity contribution in [2.75, 3.05) is 11.1 Å². The number of fused-ring (bicyclic) bond motifs is 2. The summed E-state index contributed by atoms with van der Waals surface area (Å²) in [5.41, 5.74) is 5.08. The third-order valence-corrected chi connectivity index (χ3v) is 7.46. The molecule has 0 spiro atoms. The zero-order chi connectivity index (χ0) is 31.5. The number of pyridine rings is 2. The Balaban J connectivity index is 1.51. The monoisotopic (exact) mass is 604 g/mol. The number of rotatable bonds is 8. The number of carbonyl (C=O) groups is 2. The van der Waals surface area contributed by atoms with Gasteiger partial charge in [0.05, 0.1) is 22.1 Å². The number of nitrogens with zero attached hydrogens (tertiary/aromatic N) is 6. The van der Waals surface area contributed by atoms with Crippen molar-refractivity contribution in [1.82, 2.24) is 29.7 Å². The lowest BCUT2D eigenvalue weighted by Gasteiger charge is -2.23. The Kier molecular flexibility index (Phi) is 6.85. The number of aryl methyl sites for hydroxylation is 1. The number of hydrogen-bond acceptors (Lipinski definition) is 8. The third kappa shape index (κ3) is 4.99. The molecule has 11 nitrogen and oxygen atoms in total. The van der Waals surface area contributed by atoms with E-state index in [0.29, 0.717) is 11.3 Å². The van der Waals surface area contributed by atoms with E-state index < -0.39 is 47.8 Å². The molecule has 4 aromatic rings. The first-order valence-electron chi connectivity index (χ1n) is 12.9. The molecule has 1 atom stereocenters. The highest BCUT2D eigenvalue weighted by molar-refractivity contribution is 6.09. The predicted molar refractivity (Wildman–Crippen MR) is 143 cm³/mol. The normalized spacial score (nSPS) is 17.3. The van der Waals surface area contributed by atoms with Crippen molar-refractivity contribution in [1.29, 1.82) is 0 Å². The van der Waals surface area contributed by atoms with Gasteiger partial charge >= 0.3 is 18.1 Å². The topological polar surface area (TPSA) is 162 Å². The van der Waals surface area contributed by atoms with Crippen LogP contribution >= 0.6 is 0 Å². The summed E-state index contributed by atoms with van der Waals surface area (Å²) >= 11 is 0. The van der Waals surface area contributed by atoms with Gasteiger partial charge in [0.1, 0.15) is 22.7 Å². The van der Waals surface area contributed by atoms with Crippen LogP contribution in [0.4, 0.5) is 33.6 Å². The van der Waals surface area contributed by atoms with Crippen molar-refractivity contribution < 1.29 is 36.6 Å². The Bertz CT molecular complexity index is 1750. The first kappa shape index (κ1) is 29.7. The van der Waals surface area contributed by atoms with Gasteiger partial charge in [-0.15, -0.1) is 0 Å². The third-order valence-electron chi connectivity index (χ3n) is 7.46. The second-order valence-electron chi connectivity index (χ2n) is 11.1. The summed E-state index contributed by atoms with van der Waals surface area (Å²) in [5, 5.41) is 16.5. The van der Waals surface area contributed by atoms with E-state index in [2.05, 4.69) is 30.4 Å². The molecule has 0 saturated heterocycles. The van der Waals surface area contributed by atoms with Crippen molar-refractivity contribution in [3.05, 3.63) is 53.5 Å². The minimum absolute atomic E-state index is 0.0132. The SMILES string of the molecule is CC(C)(Cc1ccc([C@@]2(C)C(=O)Nc3nc(-c4nn(CCC(F)(F)C(F)(F)F)c5ncccc45)nc(N)c32)nc1)C(=O)O. The van der Waals surface area contributed by atoms with E-state index in [1.807, 2.05) is 0 Å². The molecule has 5 rings (SSSR count). The molecule has 4 aromatic heterocycles. The lowest BCUT2D eigenvalue weighted by molar-refractivity contribution is -0.285. The van der Waals surface area contributed by atoms with Crippen LogP contribution in [0.2, 0.25) is 0 Å². The minimum Gasteiger partial charge on any atom is -0.481 e. The molecule has 0 aromatic carbocycles. The maximum absolute atomic E-state index is 13.6. The molecule has 0 unspecified atom stereocenters. The van der Waals surface area contributed by atoms with Gasteiger partial charge in [0.2, 0.25) is 5.91 Å². The first-order valence-corrected chi connectivity index (χ1v) is 12.9. The number of nitrogens with two attached hydrogens (primary N) is 1. The highest BCUT2D eigenvalue weighted by atomic mass is 19.4. The van der Waals surface area contributed by atoms with E-state index in [1.165, 1.54) is 24.5 Å². The molecule has 226 valence electrons. The number of carbonyl (C=O) groups excluding carboxylic acids is 1. The van der Waals surface area contributed by atoms with Crippen LogP contribution in [0.25, 0.3) is 22.6 Å². The zero-order valence-electron chi connectivity index (χ0n) is 23.0. The molecule has 1 aliphatic heterocycles. The fourth-order valence-electron chi connectivity index (χ4n) is 4.89. The van der Waals surface area contributed by atoms with Crippen molar-refractivity contribution in [3.63, 3.8) is 0 Å². The van der Waals surface area contributed by atoms with Gasteiger partial charge in [0, 0.05) is 25.4 Å². The zero-order valence-corrected chi connectivity index (χ0v) is 23.0. The molecule has 0 aliphatic carbocycles. The lowest BCUT2D eigenvalue weighted by atomic mass is 9.80. The van der Waals surface area contributed by atoms with Crippen LogP contribution in [0, 0.1) is 5.41 Å². The fraction of sp³-hybridized carbons (Fsp3) is 0.370. The average Bonchev–Trinajstić information content (AvgIpc) is 3.42. The Morgan fingerprint density at radius 1 is 1.12 bits per heavy atom. The molecule has 0 fully saturated rings. The van der Waals surface area contributed by atoms with Gasteiger partial charge in [-0.2, -0.15) is 27.1 Å². The second-order valence-corrected chi connectivity index (χ2v) is 11.1. The van der Waals surface area contributed by atoms with Gasteiger partial charge in [0.25, 0.3) is 0 Å². The molecule has 16 heteroatoms. The van der Waals surface area contributed by atoms with Crippen LogP contribution in [-0.4, -0.2) is 58.8 Å². The molecule has 0 bridgehead atoms. The number of alkyl halides is 5. The number of carboxylic acid groups (broad SMARTS) is 1. The summed E-state index contributed by atoms with van der Waals surface area (Å²) in [7, 11) is 0. The number of aromatic nitrogens is 6. The molecule has 1 amide bonds. The lowest BCUT2D eigenvalue weighted by Crippen LogP contribution is -2.37. The highest BCUT2D eigenvalue weighted by Gasteiger charge is 2.57. The molecule has 43 heavy (non-hydrogen) atoms. The van der Waals surface area contributed by atoms with Crippen molar-refractivity contribution in [2.45, 2.75) is 57.7 Å². The Morgan fingerprint density at radius 2 is 1.84 bits per heavy atom. The van der Waals surface area contributed by atoms with Crippen LogP contribution < -0.4 is 11.1 Å². The number of halogens is 5. The Hall–Kier alpha value is -4.76. The van der Waals surface area contributed by atoms with Crippen LogP contribution in [0.15, 0.2) is 36.7 Å². The number of hydrogen-bond donors (Lipinski definition) is 3. The Labute approximate surface area is 240 Å². The van der Waals surface area contributed by atoms with Gasteiger partial charge in [-0.25, -0.2) is 19.6 Å². The maximum atomic E-state index is 13.6. The van der Waals surface area contributed by atoms with E-state index in [9.17, 15) is 36.6 Å². The summed E-state index contributed by atoms with van der Waals surface area (Å²) in [6.45, 7) is 3.94. The average molecular weight is 605 g/mol. The van der Waals surface area contributed by atoms with Crippen LogP contribution in [0.1, 0.15) is 44.0 Å². The van der Waals surface area contributed by atoms with E-state index in [1.54, 1.807) is 32.9 Å². The van der Waals surface area contributed by atoms with Crippen molar-refractivity contribution >= 4 is 34.5 Å². The molecular formula is C27H25F5N8O3. The number of aliphatic carboxylic acids is 1. The van der Waals surface area contributed by atoms with E-state index in [-0.39, 0.29) is 46.2 Å². The van der Waals surface area contributed by atoms with Crippen molar-refractivity contribution in [2.24, 2.45) is 5.41 Å². The number of nitrogen functional groups attached to an aromatic ring is 1. The van der Waals surface area contributed by atoms with Crippen molar-refractivity contribution in [3.8, 4) is 11.5 Å². The van der Waals surface area contributed by atoms with Gasteiger partial charge in [-0.1, -0.05) is 6.07 Å². The second kappa shape index (κ2) is 9.91. The first-order chi connectivity index (χ1) is 20.0. The smallest absolute Gasteiger partial charge is 0.453 e. The number of amides is 1.